The van der Waals surface area contributed by atoms with Crippen LogP contribution in [0.2, 0.25) is 5.02 Å². The molecule has 5 amide bonds. The van der Waals surface area contributed by atoms with Gasteiger partial charge < -0.3 is 58.7 Å². The number of amides is 5. The van der Waals surface area contributed by atoms with Crippen LogP contribution in [0.5, 0.6) is 11.5 Å². The molecule has 3 N–H and O–H groups in total. The van der Waals surface area contributed by atoms with E-state index in [1.165, 1.54) is 22.7 Å². The lowest BCUT2D eigenvalue weighted by molar-refractivity contribution is -0.142. The number of unbranched alkanes of at least 4 members (excludes halogenated alkanes) is 1. The molecule has 3 aromatic carbocycles. The number of thiazole rings is 2. The number of aryl methyl sites for hydroxylation is 2. The summed E-state index contributed by atoms with van der Waals surface area (Å²) < 4.78 is 36.6. The van der Waals surface area contributed by atoms with Crippen LogP contribution in [-0.2, 0) is 65.7 Å². The number of anilines is 2. The number of halogens is 1. The smallest absolute Gasteiger partial charge is 0.325 e. The number of nitrogens with zero attached hydrogens (tertiary/aromatic N) is 9. The number of piperazine rings is 1. The lowest BCUT2D eigenvalue weighted by Gasteiger charge is -2.34. The van der Waals surface area contributed by atoms with Gasteiger partial charge in [0.2, 0.25) is 17.7 Å². The van der Waals surface area contributed by atoms with Gasteiger partial charge in [-0.1, -0.05) is 41.1 Å². The minimum Gasteiger partial charge on any atom is -0.494 e. The van der Waals surface area contributed by atoms with Crippen molar-refractivity contribution in [3.05, 3.63) is 128 Å². The molecule has 5 heterocycles. The van der Waals surface area contributed by atoms with E-state index in [1.807, 2.05) is 66.8 Å². The number of likely N-dealkylation sites (N-methyl/N-ethyl adjacent to an activating group) is 2. The molecule has 0 spiro atoms. The Morgan fingerprint density at radius 2 is 1.45 bits per heavy atom. The van der Waals surface area contributed by atoms with Gasteiger partial charge in [0.25, 0.3) is 0 Å². The predicted octanol–water partition coefficient (Wildman–Crippen LogP) is 7.82. The van der Waals surface area contributed by atoms with E-state index in [1.54, 1.807) is 51.4 Å². The number of urea groups is 1. The Balaban J connectivity index is 0.613. The maximum Gasteiger partial charge on any atom is 0.325 e. The molecule has 87 heavy (non-hydrogen) atoms. The zero-order valence-electron chi connectivity index (χ0n) is 50.2. The second kappa shape index (κ2) is 36.0. The number of hydrogen-bond donors (Lipinski definition) is 3. The maximum absolute atomic E-state index is 14.2. The number of carbonyl (C=O) groups is 4. The molecule has 1 unspecified atom stereocenters. The van der Waals surface area contributed by atoms with Crippen molar-refractivity contribution in [2.45, 2.75) is 77.4 Å². The van der Waals surface area contributed by atoms with Gasteiger partial charge in [0, 0.05) is 99.5 Å². The van der Waals surface area contributed by atoms with E-state index in [4.69, 9.17) is 45.0 Å². The number of benzene rings is 3. The molecule has 1 atom stereocenters. The quantitative estimate of drug-likeness (QED) is 0.0319. The maximum atomic E-state index is 14.2. The third-order valence-corrected chi connectivity index (χ3v) is 16.7. The largest absolute Gasteiger partial charge is 0.494 e. The van der Waals surface area contributed by atoms with Gasteiger partial charge in [-0.05, 0) is 125 Å². The number of nitrogens with one attached hydrogen (secondary N) is 3. The van der Waals surface area contributed by atoms with Crippen LogP contribution in [0.25, 0.3) is 0 Å². The van der Waals surface area contributed by atoms with Crippen LogP contribution >= 0.6 is 34.3 Å². The molecule has 22 nitrogen and oxygen atoms in total. The zero-order valence-corrected chi connectivity index (χ0v) is 52.6. The monoisotopic (exact) mass is 1250 g/mol. The summed E-state index contributed by atoms with van der Waals surface area (Å²) in [5, 5.41) is 22.6. The van der Waals surface area contributed by atoms with E-state index in [9.17, 15) is 19.2 Å². The minimum atomic E-state index is -0.854. The summed E-state index contributed by atoms with van der Waals surface area (Å²) in [5.41, 5.74) is 4.59. The first-order valence-electron chi connectivity index (χ1n) is 29.9. The number of rotatable bonds is 36. The normalized spacial score (nSPS) is 14.2. The van der Waals surface area contributed by atoms with Gasteiger partial charge in [-0.15, -0.1) is 27.8 Å². The van der Waals surface area contributed by atoms with Crippen LogP contribution in [0, 0.1) is 12.8 Å². The van der Waals surface area contributed by atoms with Crippen molar-refractivity contribution in [1.29, 1.82) is 0 Å². The zero-order chi connectivity index (χ0) is 61.0. The Kier molecular flexibility index (Phi) is 27.5. The van der Waals surface area contributed by atoms with Gasteiger partial charge in [0.1, 0.15) is 18.1 Å². The van der Waals surface area contributed by atoms with Crippen molar-refractivity contribution in [3.8, 4) is 11.5 Å². The molecule has 0 aliphatic carbocycles. The molecular weight excluding hydrogens is 1170 g/mol. The fourth-order valence-corrected chi connectivity index (χ4v) is 11.2. The lowest BCUT2D eigenvalue weighted by Crippen LogP contribution is -2.47. The summed E-state index contributed by atoms with van der Waals surface area (Å²) in [7, 11) is 4.14. The van der Waals surface area contributed by atoms with Gasteiger partial charge in [-0.3, -0.25) is 19.7 Å². The number of aromatic nitrogens is 5. The Morgan fingerprint density at radius 3 is 2.20 bits per heavy atom. The van der Waals surface area contributed by atoms with E-state index in [0.717, 1.165) is 79.4 Å². The molecule has 2 aliphatic rings. The summed E-state index contributed by atoms with van der Waals surface area (Å²) in [6.07, 6.45) is 7.09. The van der Waals surface area contributed by atoms with Crippen molar-refractivity contribution in [2.24, 2.45) is 5.92 Å². The number of carbonyl (C=O) groups excluding carboxylic acids is 4. The first-order chi connectivity index (χ1) is 42.4. The van der Waals surface area contributed by atoms with Gasteiger partial charge in [-0.25, -0.2) is 19.4 Å². The van der Waals surface area contributed by atoms with E-state index in [-0.39, 0.29) is 36.5 Å². The predicted molar refractivity (Wildman–Crippen MR) is 336 cm³/mol. The van der Waals surface area contributed by atoms with Gasteiger partial charge in [0.05, 0.1) is 81.3 Å². The van der Waals surface area contributed by atoms with Gasteiger partial charge in [-0.2, -0.15) is 0 Å². The Bertz CT molecular complexity index is 3010. The molecule has 0 bridgehead atoms. The highest BCUT2D eigenvalue weighted by atomic mass is 35.5. The van der Waals surface area contributed by atoms with Crippen LogP contribution in [0.15, 0.2) is 89.8 Å². The lowest BCUT2D eigenvalue weighted by atomic mass is 9.97. The second-order valence-electron chi connectivity index (χ2n) is 21.7. The van der Waals surface area contributed by atoms with Crippen molar-refractivity contribution in [3.63, 3.8) is 0 Å². The molecule has 2 saturated heterocycles. The summed E-state index contributed by atoms with van der Waals surface area (Å²) in [5.74, 6) is 1.35. The number of hydrogen-bond acceptors (Lipinski definition) is 18. The minimum absolute atomic E-state index is 0.0461. The van der Waals surface area contributed by atoms with Gasteiger partial charge >= 0.3 is 6.03 Å². The van der Waals surface area contributed by atoms with Crippen LogP contribution in [0.3, 0.4) is 0 Å². The molecule has 2 fully saturated rings. The van der Waals surface area contributed by atoms with Gasteiger partial charge in [0.15, 0.2) is 11.2 Å². The second-order valence-corrected chi connectivity index (χ2v) is 24.0. The van der Waals surface area contributed by atoms with Crippen LogP contribution in [0.4, 0.5) is 15.6 Å². The standard InChI is InChI=1S/C62H83ClN12O10S2/c1-46-65-56(45-86-46)59(60(78)64-41-48-6-11-50(63)12-7-48)75(42-49-20-31-80-32-21-49)57(76)19-10-47-8-15-54(16-9-47)84-30-5-4-23-71(2)28-34-82-37-36-81-33-22-52-43-74(70-69-52)29-35-83-38-39-85-55-17-13-51(14-18-55)66-61(79)68-62-67-53(44-87-62)40-58(77)73-26-24-72(3)25-27-73/h6-9,11-18,43-45,49,59H,4-5,10,19-42H2,1-3H3,(H,64,78)(H2,66,67,68,79). The highest BCUT2D eigenvalue weighted by Crippen LogP contribution is 2.29. The molecule has 6 aromatic rings. The number of ether oxygens (including phenoxy) is 6. The first kappa shape index (κ1) is 66.3. The Hall–Kier alpha value is -6.61. The van der Waals surface area contributed by atoms with E-state index >= 15 is 0 Å². The van der Waals surface area contributed by atoms with E-state index in [0.29, 0.717) is 145 Å². The molecule has 8 rings (SSSR count). The summed E-state index contributed by atoms with van der Waals surface area (Å²) in [6, 6.07) is 21.1. The summed E-state index contributed by atoms with van der Waals surface area (Å²) >= 11 is 8.85. The average molecular weight is 1260 g/mol. The molecule has 470 valence electrons. The molecule has 0 saturated carbocycles. The fraction of sp³-hybridized carbons (Fsp3) is 0.516. The molecular formula is C62H83ClN12O10S2. The third kappa shape index (κ3) is 23.5. The molecule has 0 radical (unpaired) electrons. The highest BCUT2D eigenvalue weighted by Gasteiger charge is 2.35. The molecule has 3 aromatic heterocycles. The van der Waals surface area contributed by atoms with Crippen molar-refractivity contribution >= 4 is 68.8 Å². The van der Waals surface area contributed by atoms with E-state index in [2.05, 4.69) is 48.1 Å². The third-order valence-electron chi connectivity index (χ3n) is 14.8. The Labute approximate surface area is 523 Å². The van der Waals surface area contributed by atoms with Crippen molar-refractivity contribution in [2.75, 3.05) is 137 Å². The highest BCUT2D eigenvalue weighted by molar-refractivity contribution is 7.14. The fourth-order valence-electron chi connectivity index (χ4n) is 9.74. The van der Waals surface area contributed by atoms with Crippen molar-refractivity contribution in [1.82, 2.24) is 49.9 Å². The summed E-state index contributed by atoms with van der Waals surface area (Å²) in [4.78, 5) is 70.7. The first-order valence-corrected chi connectivity index (χ1v) is 32.1. The molecule has 25 heteroatoms. The van der Waals surface area contributed by atoms with Crippen LogP contribution in [0.1, 0.15) is 71.4 Å². The Morgan fingerprint density at radius 1 is 0.747 bits per heavy atom. The van der Waals surface area contributed by atoms with Crippen LogP contribution < -0.4 is 25.4 Å². The SMILES string of the molecule is Cc1nc(C(C(=O)NCc2ccc(Cl)cc2)N(CC2CCOCC2)C(=O)CCc2ccc(OCCCCN(C)CCOCCOCCc3cn(CCOCCOc4ccc(NC(=O)Nc5nc(CC(=O)N6CCN(C)CC6)cs5)cc4)nn3)cc2)cs1. The summed E-state index contributed by atoms with van der Waals surface area (Å²) in [6.45, 7) is 13.3. The van der Waals surface area contributed by atoms with Crippen molar-refractivity contribution < 1.29 is 47.6 Å². The average Bonchev–Trinajstić information content (AvgIpc) is 3.27. The molecule has 2 aliphatic heterocycles. The van der Waals surface area contributed by atoms with Crippen LogP contribution in [-0.4, -0.2) is 194 Å². The van der Waals surface area contributed by atoms with E-state index < -0.39 is 12.1 Å². The topological polar surface area (TPSA) is 229 Å².